The minimum atomic E-state index is -1.28. The van der Waals surface area contributed by atoms with Crippen molar-refractivity contribution in [3.8, 4) is 5.75 Å². The number of rotatable bonds is 5. The second-order valence-electron chi connectivity index (χ2n) is 7.15. The van der Waals surface area contributed by atoms with E-state index in [0.717, 1.165) is 5.39 Å². The third kappa shape index (κ3) is 3.50. The van der Waals surface area contributed by atoms with Gasteiger partial charge in [0.25, 0.3) is 11.5 Å². The number of benzene rings is 2. The quantitative estimate of drug-likeness (QED) is 0.456. The van der Waals surface area contributed by atoms with E-state index in [-0.39, 0.29) is 12.1 Å². The number of para-hydroxylation sites is 1. The molecule has 4 rings (SSSR count). The molecule has 0 spiro atoms. The third-order valence-corrected chi connectivity index (χ3v) is 5.05. The first-order chi connectivity index (χ1) is 14.8. The molecule has 0 unspecified atom stereocenters. The van der Waals surface area contributed by atoms with Crippen LogP contribution in [0.3, 0.4) is 0 Å². The lowest BCUT2D eigenvalue weighted by Crippen LogP contribution is -2.42. The summed E-state index contributed by atoms with van der Waals surface area (Å²) in [6.45, 7) is 1.24. The number of hydrogen-bond acceptors (Lipinski definition) is 4. The number of aromatic hydroxyl groups is 1. The summed E-state index contributed by atoms with van der Waals surface area (Å²) >= 11 is 0. The highest BCUT2D eigenvalue weighted by atomic mass is 19.1. The number of nitrogens with one attached hydrogen (secondary N) is 1. The Bertz CT molecular complexity index is 1390. The fourth-order valence-electron chi connectivity index (χ4n) is 3.46. The first-order valence-electron chi connectivity index (χ1n) is 9.42. The van der Waals surface area contributed by atoms with Gasteiger partial charge in [0.05, 0.1) is 12.1 Å². The van der Waals surface area contributed by atoms with Crippen LogP contribution >= 0.6 is 0 Å². The van der Waals surface area contributed by atoms with Gasteiger partial charge in [-0.1, -0.05) is 30.3 Å². The summed E-state index contributed by atoms with van der Waals surface area (Å²) < 4.78 is 16.1. The van der Waals surface area contributed by atoms with Crippen molar-refractivity contribution in [3.63, 3.8) is 0 Å². The molecule has 0 aliphatic carbocycles. The van der Waals surface area contributed by atoms with E-state index < -0.39 is 40.6 Å². The van der Waals surface area contributed by atoms with E-state index in [9.17, 15) is 23.9 Å². The van der Waals surface area contributed by atoms with Crippen molar-refractivity contribution < 1.29 is 24.2 Å². The number of nitrogens with zero attached hydrogens (tertiary/aromatic N) is 2. The standard InChI is InChI=1S/C22H18FN3O5/c1-12(22(30)31)24-20(28)18-19(27)17-10-14-4-2-3-5-16(14)26(17)25(21(18)29)11-13-6-8-15(23)9-7-13/h2-10,12,27H,11H2,1H3,(H,24,28)(H,30,31)/t12-/m0/s1. The van der Waals surface area contributed by atoms with Gasteiger partial charge in [0.15, 0.2) is 5.75 Å². The Hall–Kier alpha value is -4.14. The number of aliphatic carboxylic acids is 1. The number of aromatic nitrogens is 2. The van der Waals surface area contributed by atoms with Gasteiger partial charge in [-0.2, -0.15) is 0 Å². The normalized spacial score (nSPS) is 12.2. The van der Waals surface area contributed by atoms with Gasteiger partial charge in [-0.15, -0.1) is 0 Å². The van der Waals surface area contributed by atoms with Crippen LogP contribution in [0, 0.1) is 5.82 Å². The van der Waals surface area contributed by atoms with Crippen LogP contribution in [0.15, 0.2) is 59.4 Å². The number of carboxylic acids is 1. The predicted molar refractivity (Wildman–Crippen MR) is 111 cm³/mol. The maximum absolute atomic E-state index is 13.3. The van der Waals surface area contributed by atoms with Crippen LogP contribution in [0.2, 0.25) is 0 Å². The zero-order chi connectivity index (χ0) is 22.3. The minimum Gasteiger partial charge on any atom is -0.505 e. The molecule has 1 atom stereocenters. The number of halogens is 1. The van der Waals surface area contributed by atoms with Gasteiger partial charge in [-0.25, -0.2) is 13.6 Å². The molecule has 31 heavy (non-hydrogen) atoms. The van der Waals surface area contributed by atoms with Crippen LogP contribution in [-0.4, -0.2) is 37.3 Å². The summed E-state index contributed by atoms with van der Waals surface area (Å²) in [6, 6.07) is 13.0. The fourth-order valence-corrected chi connectivity index (χ4v) is 3.46. The molecule has 2 heterocycles. The van der Waals surface area contributed by atoms with Crippen molar-refractivity contribution in [1.29, 1.82) is 0 Å². The first kappa shape index (κ1) is 20.1. The molecule has 0 saturated heterocycles. The van der Waals surface area contributed by atoms with Gasteiger partial charge < -0.3 is 15.5 Å². The van der Waals surface area contributed by atoms with Crippen molar-refractivity contribution in [2.24, 2.45) is 0 Å². The number of hydrogen-bond donors (Lipinski definition) is 3. The highest BCUT2D eigenvalue weighted by Crippen LogP contribution is 2.28. The maximum atomic E-state index is 13.3. The van der Waals surface area contributed by atoms with Crippen LogP contribution in [0.5, 0.6) is 5.75 Å². The number of carbonyl (C=O) groups is 2. The van der Waals surface area contributed by atoms with Gasteiger partial charge in [0.2, 0.25) is 0 Å². The Kier molecular flexibility index (Phi) is 4.94. The van der Waals surface area contributed by atoms with E-state index in [1.165, 1.54) is 40.4 Å². The van der Waals surface area contributed by atoms with Crippen LogP contribution < -0.4 is 10.9 Å². The summed E-state index contributed by atoms with van der Waals surface area (Å²) in [5.41, 5.74) is 0.0451. The Morgan fingerprint density at radius 1 is 1.10 bits per heavy atom. The monoisotopic (exact) mass is 423 g/mol. The number of amides is 1. The van der Waals surface area contributed by atoms with Crippen molar-refractivity contribution in [2.75, 3.05) is 0 Å². The van der Waals surface area contributed by atoms with Gasteiger partial charge >= 0.3 is 5.97 Å². The molecule has 0 fully saturated rings. The topological polar surface area (TPSA) is 113 Å². The average molecular weight is 423 g/mol. The number of carboxylic acid groups (broad SMARTS) is 1. The fraction of sp³-hybridized carbons (Fsp3) is 0.136. The highest BCUT2D eigenvalue weighted by molar-refractivity contribution is 6.01. The van der Waals surface area contributed by atoms with Crippen molar-refractivity contribution in [1.82, 2.24) is 14.5 Å². The van der Waals surface area contributed by atoms with Crippen LogP contribution in [-0.2, 0) is 11.3 Å². The Morgan fingerprint density at radius 3 is 2.45 bits per heavy atom. The summed E-state index contributed by atoms with van der Waals surface area (Å²) in [5.74, 6) is -3.26. The molecule has 0 saturated carbocycles. The van der Waals surface area contributed by atoms with Crippen molar-refractivity contribution in [2.45, 2.75) is 19.5 Å². The lowest BCUT2D eigenvalue weighted by atomic mass is 10.2. The molecule has 0 aliphatic rings. The molecule has 2 aromatic carbocycles. The molecule has 2 aromatic heterocycles. The first-order valence-corrected chi connectivity index (χ1v) is 9.42. The predicted octanol–water partition coefficient (Wildman–Crippen LogP) is 2.35. The summed E-state index contributed by atoms with van der Waals surface area (Å²) in [5, 5.41) is 22.8. The minimum absolute atomic E-state index is 0.0106. The Morgan fingerprint density at radius 2 is 1.77 bits per heavy atom. The molecular formula is C22H18FN3O5. The van der Waals surface area contributed by atoms with Gasteiger partial charge in [0, 0.05) is 5.39 Å². The number of fused-ring (bicyclic) bond motifs is 3. The molecule has 0 radical (unpaired) electrons. The van der Waals surface area contributed by atoms with Gasteiger partial charge in [-0.05, 0) is 36.8 Å². The molecule has 1 amide bonds. The molecule has 9 heteroatoms. The SMILES string of the molecule is C[C@H](NC(=O)c1c(O)c2cc3ccccc3n2n(Cc2ccc(F)cc2)c1=O)C(=O)O. The maximum Gasteiger partial charge on any atom is 0.325 e. The van der Waals surface area contributed by atoms with E-state index >= 15 is 0 Å². The lowest BCUT2D eigenvalue weighted by molar-refractivity contribution is -0.138. The largest absolute Gasteiger partial charge is 0.505 e. The smallest absolute Gasteiger partial charge is 0.325 e. The summed E-state index contributed by atoms with van der Waals surface area (Å²) in [7, 11) is 0. The van der Waals surface area contributed by atoms with Crippen molar-refractivity contribution in [3.05, 3.63) is 81.9 Å². The summed E-state index contributed by atoms with van der Waals surface area (Å²) in [6.07, 6.45) is 0. The highest BCUT2D eigenvalue weighted by Gasteiger charge is 2.26. The van der Waals surface area contributed by atoms with Crippen LogP contribution in [0.1, 0.15) is 22.8 Å². The molecule has 3 N–H and O–H groups in total. The molecular weight excluding hydrogens is 405 g/mol. The van der Waals surface area contributed by atoms with Gasteiger partial charge in [-0.3, -0.25) is 14.4 Å². The van der Waals surface area contributed by atoms with Crippen LogP contribution in [0.25, 0.3) is 16.4 Å². The zero-order valence-corrected chi connectivity index (χ0v) is 16.4. The second kappa shape index (κ2) is 7.60. The third-order valence-electron chi connectivity index (χ3n) is 5.05. The molecule has 0 aliphatic heterocycles. The Labute approximate surface area is 174 Å². The molecule has 4 aromatic rings. The van der Waals surface area contributed by atoms with E-state index in [4.69, 9.17) is 5.11 Å². The molecule has 158 valence electrons. The van der Waals surface area contributed by atoms with E-state index in [0.29, 0.717) is 11.1 Å². The lowest BCUT2D eigenvalue weighted by Gasteiger charge is -2.16. The summed E-state index contributed by atoms with van der Waals surface area (Å²) in [4.78, 5) is 37.1. The van der Waals surface area contributed by atoms with Crippen LogP contribution in [0.4, 0.5) is 4.39 Å². The molecule has 8 nitrogen and oxygen atoms in total. The van der Waals surface area contributed by atoms with E-state index in [2.05, 4.69) is 5.32 Å². The van der Waals surface area contributed by atoms with E-state index in [1.807, 2.05) is 0 Å². The Balaban J connectivity index is 1.98. The average Bonchev–Trinajstić information content (AvgIpc) is 3.12. The van der Waals surface area contributed by atoms with Gasteiger partial charge in [0.1, 0.15) is 22.9 Å². The molecule has 0 bridgehead atoms. The zero-order valence-electron chi connectivity index (χ0n) is 16.4. The van der Waals surface area contributed by atoms with E-state index in [1.54, 1.807) is 30.3 Å². The number of carbonyl (C=O) groups excluding carboxylic acids is 1. The second-order valence-corrected chi connectivity index (χ2v) is 7.15. The van der Waals surface area contributed by atoms with Crippen molar-refractivity contribution >= 4 is 28.3 Å².